The van der Waals surface area contributed by atoms with Gasteiger partial charge in [-0.3, -0.25) is 4.79 Å². The van der Waals surface area contributed by atoms with E-state index < -0.39 is 36.9 Å². The van der Waals surface area contributed by atoms with E-state index in [4.69, 9.17) is 0 Å². The molecule has 0 aliphatic carbocycles. The van der Waals surface area contributed by atoms with Gasteiger partial charge in [0.2, 0.25) is 5.91 Å². The smallest absolute Gasteiger partial charge is 0.249 e. The number of nitrogens with one attached hydrogen (secondary N) is 1. The molecule has 4 atom stereocenters. The van der Waals surface area contributed by atoms with E-state index in [0.29, 0.717) is 19.3 Å². The van der Waals surface area contributed by atoms with Crippen LogP contribution in [0.15, 0.2) is 24.3 Å². The minimum Gasteiger partial charge on any atom is -0.394 e. The average Bonchev–Trinajstić information content (AvgIpc) is 3.26. The van der Waals surface area contributed by atoms with Crippen LogP contribution in [0.2, 0.25) is 0 Å². The molecule has 4 unspecified atom stereocenters. The third kappa shape index (κ3) is 43.8. The minimum absolute atomic E-state index is 0.364. The lowest BCUT2D eigenvalue weighted by Gasteiger charge is -2.27. The van der Waals surface area contributed by atoms with Gasteiger partial charge in [-0.2, -0.15) is 0 Å². The first-order chi connectivity index (χ1) is 30.0. The second-order valence-electron chi connectivity index (χ2n) is 18.9. The second-order valence-corrected chi connectivity index (χ2v) is 18.9. The quantitative estimate of drug-likeness (QED) is 0.0309. The summed E-state index contributed by atoms with van der Waals surface area (Å²) in [6.45, 7) is 4.05. The van der Waals surface area contributed by atoms with Crippen molar-refractivity contribution >= 4 is 5.91 Å². The molecular weight excluding hydrogens is 755 g/mol. The summed E-state index contributed by atoms with van der Waals surface area (Å²) < 4.78 is 0. The van der Waals surface area contributed by atoms with Crippen molar-refractivity contribution < 1.29 is 25.2 Å². The molecule has 0 saturated heterocycles. The van der Waals surface area contributed by atoms with Gasteiger partial charge in [-0.25, -0.2) is 0 Å². The van der Waals surface area contributed by atoms with Crippen molar-refractivity contribution in [3.8, 4) is 0 Å². The fourth-order valence-electron chi connectivity index (χ4n) is 8.60. The lowest BCUT2D eigenvalue weighted by Crippen LogP contribution is -2.53. The monoisotopic (exact) mass is 862 g/mol. The molecule has 0 aliphatic heterocycles. The van der Waals surface area contributed by atoms with Gasteiger partial charge in [0, 0.05) is 0 Å². The molecule has 362 valence electrons. The third-order valence-electron chi connectivity index (χ3n) is 12.9. The highest BCUT2D eigenvalue weighted by molar-refractivity contribution is 5.80. The fraction of sp³-hybridized carbons (Fsp3) is 0.909. The SMILES string of the molecule is CCCCCCCC/C=C/CC/C=C/CCCC(O)C(O)C(CO)NC(=O)C(O)CCCCCCCCCCCCCCCCCCCCCCCCCCCCCCCC. The molecule has 0 aromatic heterocycles. The van der Waals surface area contributed by atoms with Crippen molar-refractivity contribution in [2.75, 3.05) is 6.61 Å². The molecule has 6 heteroatoms. The molecule has 0 aromatic rings. The van der Waals surface area contributed by atoms with Crippen molar-refractivity contribution in [1.29, 1.82) is 0 Å². The zero-order valence-electron chi connectivity index (χ0n) is 40.9. The number of hydrogen-bond acceptors (Lipinski definition) is 5. The number of carbonyl (C=O) groups is 1. The maximum absolute atomic E-state index is 12.6. The number of rotatable bonds is 50. The molecule has 0 rings (SSSR count). The van der Waals surface area contributed by atoms with E-state index >= 15 is 0 Å². The van der Waals surface area contributed by atoms with E-state index in [-0.39, 0.29) is 0 Å². The Bertz CT molecular complexity index is 924. The van der Waals surface area contributed by atoms with Crippen LogP contribution in [0.4, 0.5) is 0 Å². The number of carbonyl (C=O) groups excluding carboxylic acids is 1. The summed E-state index contributed by atoms with van der Waals surface area (Å²) in [5.41, 5.74) is 0. The standard InChI is InChI=1S/C55H107NO5/c1-3-5-7-9-11-13-15-17-19-20-21-22-23-24-25-26-27-28-29-30-31-32-33-35-37-39-41-43-45-47-49-53(59)55(61)56-51(50-57)54(60)52(58)48-46-44-42-40-38-36-34-18-16-14-12-10-8-6-4-2/h18,34,40,42,51-54,57-60H,3-17,19-33,35-39,41,43-50H2,1-2H3,(H,56,61)/b34-18+,42-40+. The van der Waals surface area contributed by atoms with Crippen molar-refractivity contribution in [1.82, 2.24) is 5.32 Å². The largest absolute Gasteiger partial charge is 0.394 e. The van der Waals surface area contributed by atoms with Gasteiger partial charge in [-0.05, 0) is 51.4 Å². The van der Waals surface area contributed by atoms with Crippen LogP contribution in [-0.2, 0) is 4.79 Å². The minimum atomic E-state index is -1.29. The number of aliphatic hydroxyl groups is 4. The first-order valence-corrected chi connectivity index (χ1v) is 27.2. The van der Waals surface area contributed by atoms with Gasteiger partial charge in [0.1, 0.15) is 12.2 Å². The summed E-state index contributed by atoms with van der Waals surface area (Å²) in [6.07, 6.45) is 59.7. The highest BCUT2D eigenvalue weighted by atomic mass is 16.3. The van der Waals surface area contributed by atoms with Gasteiger partial charge < -0.3 is 25.7 Å². The summed E-state index contributed by atoms with van der Waals surface area (Å²) in [4.78, 5) is 12.6. The van der Waals surface area contributed by atoms with Crippen LogP contribution in [0.5, 0.6) is 0 Å². The van der Waals surface area contributed by atoms with Crippen LogP contribution < -0.4 is 5.32 Å². The van der Waals surface area contributed by atoms with Crippen LogP contribution in [0.1, 0.15) is 290 Å². The molecule has 0 heterocycles. The number of hydrogen-bond donors (Lipinski definition) is 5. The predicted molar refractivity (Wildman–Crippen MR) is 265 cm³/mol. The van der Waals surface area contributed by atoms with E-state index in [1.807, 2.05) is 0 Å². The molecule has 0 saturated carbocycles. The van der Waals surface area contributed by atoms with Gasteiger partial charge in [0.25, 0.3) is 0 Å². The number of amides is 1. The first-order valence-electron chi connectivity index (χ1n) is 27.2. The van der Waals surface area contributed by atoms with Gasteiger partial charge in [-0.1, -0.05) is 263 Å². The van der Waals surface area contributed by atoms with Crippen molar-refractivity contribution in [3.05, 3.63) is 24.3 Å². The maximum atomic E-state index is 12.6. The molecule has 0 spiro atoms. The highest BCUT2D eigenvalue weighted by Gasteiger charge is 2.28. The van der Waals surface area contributed by atoms with Crippen molar-refractivity contribution in [3.63, 3.8) is 0 Å². The second kappa shape index (κ2) is 49.8. The Morgan fingerprint density at radius 1 is 0.393 bits per heavy atom. The lowest BCUT2D eigenvalue weighted by molar-refractivity contribution is -0.132. The fourth-order valence-corrected chi connectivity index (χ4v) is 8.60. The van der Waals surface area contributed by atoms with Crippen LogP contribution in [0.3, 0.4) is 0 Å². The summed E-state index contributed by atoms with van der Waals surface area (Å²) in [5, 5.41) is 43.8. The molecular formula is C55H107NO5. The molecule has 61 heavy (non-hydrogen) atoms. The zero-order chi connectivity index (χ0) is 44.5. The van der Waals surface area contributed by atoms with E-state index in [0.717, 1.165) is 38.5 Å². The van der Waals surface area contributed by atoms with Crippen LogP contribution in [0.25, 0.3) is 0 Å². The third-order valence-corrected chi connectivity index (χ3v) is 12.9. The Balaban J connectivity index is 3.59. The van der Waals surface area contributed by atoms with Crippen LogP contribution in [0, 0.1) is 0 Å². The van der Waals surface area contributed by atoms with E-state index in [1.54, 1.807) is 0 Å². The number of unbranched alkanes of at least 4 members (excludes halogenated alkanes) is 37. The summed E-state index contributed by atoms with van der Waals surface area (Å²) >= 11 is 0. The Morgan fingerprint density at radius 3 is 1.03 bits per heavy atom. The Labute approximate surface area is 380 Å². The summed E-state index contributed by atoms with van der Waals surface area (Å²) in [6, 6.07) is -1.01. The summed E-state index contributed by atoms with van der Waals surface area (Å²) in [7, 11) is 0. The number of aliphatic hydroxyl groups excluding tert-OH is 4. The van der Waals surface area contributed by atoms with Crippen LogP contribution >= 0.6 is 0 Å². The van der Waals surface area contributed by atoms with Crippen LogP contribution in [-0.4, -0.2) is 57.3 Å². The molecule has 6 nitrogen and oxygen atoms in total. The van der Waals surface area contributed by atoms with E-state index in [2.05, 4.69) is 43.5 Å². The first kappa shape index (κ1) is 59.8. The normalized spacial score (nSPS) is 14.0. The van der Waals surface area contributed by atoms with Crippen molar-refractivity contribution in [2.24, 2.45) is 0 Å². The molecule has 0 aliphatic rings. The predicted octanol–water partition coefficient (Wildman–Crippen LogP) is 15.5. The molecule has 0 bridgehead atoms. The van der Waals surface area contributed by atoms with Crippen molar-refractivity contribution in [2.45, 2.75) is 314 Å². The average molecular weight is 862 g/mol. The van der Waals surface area contributed by atoms with Gasteiger partial charge in [0.05, 0.1) is 18.8 Å². The maximum Gasteiger partial charge on any atom is 0.249 e. The van der Waals surface area contributed by atoms with E-state index in [1.165, 1.54) is 218 Å². The summed E-state index contributed by atoms with van der Waals surface area (Å²) in [5.74, 6) is -0.593. The molecule has 5 N–H and O–H groups in total. The van der Waals surface area contributed by atoms with E-state index in [9.17, 15) is 25.2 Å². The Kier molecular flexibility index (Phi) is 48.8. The van der Waals surface area contributed by atoms with Gasteiger partial charge in [-0.15, -0.1) is 0 Å². The molecule has 0 aromatic carbocycles. The highest BCUT2D eigenvalue weighted by Crippen LogP contribution is 2.18. The number of allylic oxidation sites excluding steroid dienone is 4. The Hall–Kier alpha value is -1.21. The van der Waals surface area contributed by atoms with Gasteiger partial charge >= 0.3 is 0 Å². The lowest BCUT2D eigenvalue weighted by atomic mass is 10.00. The molecule has 1 amide bonds. The molecule has 0 radical (unpaired) electrons. The zero-order valence-corrected chi connectivity index (χ0v) is 40.9. The molecule has 0 fully saturated rings. The van der Waals surface area contributed by atoms with Gasteiger partial charge in [0.15, 0.2) is 0 Å². The Morgan fingerprint density at radius 2 is 0.689 bits per heavy atom. The topological polar surface area (TPSA) is 110 Å².